The summed E-state index contributed by atoms with van der Waals surface area (Å²) in [5.41, 5.74) is 1.14. The number of aromatic nitrogens is 3. The van der Waals surface area contributed by atoms with Gasteiger partial charge in [-0.25, -0.2) is 0 Å². The fourth-order valence-electron chi connectivity index (χ4n) is 2.39. The average molecular weight is 372 g/mol. The van der Waals surface area contributed by atoms with Crippen LogP contribution in [-0.2, 0) is 13.7 Å². The van der Waals surface area contributed by atoms with Crippen molar-refractivity contribution < 1.29 is 14.1 Å². The van der Waals surface area contributed by atoms with Crippen LogP contribution < -0.4 is 10.1 Å². The molecule has 8 heteroatoms. The highest BCUT2D eigenvalue weighted by molar-refractivity contribution is 7.98. The molecule has 0 saturated heterocycles. The van der Waals surface area contributed by atoms with Gasteiger partial charge in [0.1, 0.15) is 12.4 Å². The van der Waals surface area contributed by atoms with Gasteiger partial charge in [-0.2, -0.15) is 5.10 Å². The van der Waals surface area contributed by atoms with E-state index < -0.39 is 0 Å². The number of para-hydroxylation sites is 1. The Morgan fingerprint density at radius 1 is 1.42 bits per heavy atom. The van der Waals surface area contributed by atoms with Crippen LogP contribution in [0.2, 0.25) is 0 Å². The lowest BCUT2D eigenvalue weighted by Gasteiger charge is -2.10. The predicted molar refractivity (Wildman–Crippen MR) is 98.1 cm³/mol. The number of nitrogens with zero attached hydrogens (tertiary/aromatic N) is 3. The number of amides is 1. The third-order valence-corrected chi connectivity index (χ3v) is 4.58. The molecule has 2 aromatic heterocycles. The van der Waals surface area contributed by atoms with E-state index in [0.717, 1.165) is 16.2 Å². The molecular formula is C18H20N4O3S. The maximum Gasteiger partial charge on any atom is 0.273 e. The van der Waals surface area contributed by atoms with E-state index in [2.05, 4.69) is 15.6 Å². The fraction of sp³-hybridized carbons (Fsp3) is 0.278. The maximum absolute atomic E-state index is 12.3. The second-order valence-corrected chi connectivity index (χ2v) is 6.61. The molecule has 26 heavy (non-hydrogen) atoms. The van der Waals surface area contributed by atoms with Crippen molar-refractivity contribution in [2.45, 2.75) is 24.5 Å². The average Bonchev–Trinajstić information content (AvgIpc) is 3.29. The molecule has 0 saturated carbocycles. The van der Waals surface area contributed by atoms with Crippen LogP contribution in [0.1, 0.15) is 34.8 Å². The number of ether oxygens (including phenoxy) is 1. The van der Waals surface area contributed by atoms with E-state index in [1.54, 1.807) is 28.7 Å². The van der Waals surface area contributed by atoms with Crippen LogP contribution in [0.4, 0.5) is 0 Å². The van der Waals surface area contributed by atoms with E-state index >= 15 is 0 Å². The van der Waals surface area contributed by atoms with Crippen LogP contribution in [0, 0.1) is 0 Å². The van der Waals surface area contributed by atoms with Gasteiger partial charge >= 0.3 is 0 Å². The van der Waals surface area contributed by atoms with Gasteiger partial charge in [-0.15, -0.1) is 11.8 Å². The molecular weight excluding hydrogens is 352 g/mol. The van der Waals surface area contributed by atoms with Gasteiger partial charge in [-0.05, 0) is 25.3 Å². The first-order valence-electron chi connectivity index (χ1n) is 8.07. The van der Waals surface area contributed by atoms with E-state index in [0.29, 0.717) is 5.76 Å². The number of thioether (sulfide) groups is 1. The Kier molecular flexibility index (Phi) is 5.62. The summed E-state index contributed by atoms with van der Waals surface area (Å²) in [7, 11) is 1.83. The Bertz CT molecular complexity index is 890. The monoisotopic (exact) mass is 372 g/mol. The third-order valence-electron chi connectivity index (χ3n) is 3.80. The molecule has 0 bridgehead atoms. The lowest BCUT2D eigenvalue weighted by molar-refractivity contribution is 0.0930. The van der Waals surface area contributed by atoms with E-state index in [4.69, 9.17) is 9.26 Å². The molecule has 0 aliphatic rings. The number of hydrogen-bond acceptors (Lipinski definition) is 6. The minimum Gasteiger partial charge on any atom is -0.484 e. The van der Waals surface area contributed by atoms with Crippen LogP contribution in [0.25, 0.3) is 0 Å². The smallest absolute Gasteiger partial charge is 0.273 e. The minimum absolute atomic E-state index is 0.180. The lowest BCUT2D eigenvalue weighted by Crippen LogP contribution is -2.26. The Balaban J connectivity index is 1.59. The number of carbonyl (C=O) groups is 1. The summed E-state index contributed by atoms with van der Waals surface area (Å²) in [4.78, 5) is 13.4. The first-order valence-corrected chi connectivity index (χ1v) is 9.30. The van der Waals surface area contributed by atoms with Crippen LogP contribution in [0.15, 0.2) is 52.1 Å². The molecule has 2 heterocycles. The van der Waals surface area contributed by atoms with Crippen molar-refractivity contribution in [3.8, 4) is 5.75 Å². The quantitative estimate of drug-likeness (QED) is 0.642. The van der Waals surface area contributed by atoms with Crippen molar-refractivity contribution in [1.29, 1.82) is 0 Å². The summed E-state index contributed by atoms with van der Waals surface area (Å²) in [5.74, 6) is 0.952. The molecule has 1 amide bonds. The van der Waals surface area contributed by atoms with Crippen molar-refractivity contribution in [1.82, 2.24) is 20.3 Å². The lowest BCUT2D eigenvalue weighted by atomic mass is 10.2. The zero-order chi connectivity index (χ0) is 18.5. The van der Waals surface area contributed by atoms with E-state index in [-0.39, 0.29) is 24.2 Å². The molecule has 136 valence electrons. The number of hydrogen-bond donors (Lipinski definition) is 1. The summed E-state index contributed by atoms with van der Waals surface area (Å²) in [6, 6.07) is 9.16. The number of benzene rings is 1. The Hall–Kier alpha value is -2.74. The Morgan fingerprint density at radius 2 is 2.23 bits per heavy atom. The maximum atomic E-state index is 12.3. The first kappa shape index (κ1) is 18.1. The van der Waals surface area contributed by atoms with Gasteiger partial charge in [-0.3, -0.25) is 9.48 Å². The van der Waals surface area contributed by atoms with Gasteiger partial charge in [-0.1, -0.05) is 17.3 Å². The number of rotatable bonds is 7. The largest absolute Gasteiger partial charge is 0.484 e. The van der Waals surface area contributed by atoms with Crippen molar-refractivity contribution in [3.05, 3.63) is 59.7 Å². The van der Waals surface area contributed by atoms with E-state index in [9.17, 15) is 4.79 Å². The minimum atomic E-state index is -0.305. The predicted octanol–water partition coefficient (Wildman–Crippen LogP) is 3.20. The van der Waals surface area contributed by atoms with Gasteiger partial charge in [0.25, 0.3) is 5.91 Å². The normalized spacial score (nSPS) is 12.0. The van der Waals surface area contributed by atoms with Crippen LogP contribution in [0.5, 0.6) is 5.75 Å². The third kappa shape index (κ3) is 4.26. The van der Waals surface area contributed by atoms with Gasteiger partial charge in [0.15, 0.2) is 11.5 Å². The summed E-state index contributed by atoms with van der Waals surface area (Å²) in [5, 5.41) is 10.8. The molecule has 1 aromatic carbocycles. The topological polar surface area (TPSA) is 82.2 Å². The van der Waals surface area contributed by atoms with E-state index in [1.807, 2.05) is 50.7 Å². The highest BCUT2D eigenvalue weighted by atomic mass is 32.2. The first-order chi connectivity index (χ1) is 12.6. The SMILES string of the molecule is CSc1ccccc1OCc1cc(C(=O)N[C@@H](C)c2cnn(C)c2)no1. The van der Waals surface area contributed by atoms with Gasteiger partial charge in [0, 0.05) is 29.8 Å². The number of carbonyl (C=O) groups excluding carboxylic acids is 1. The number of aryl methyl sites for hydroxylation is 1. The zero-order valence-corrected chi connectivity index (χ0v) is 15.6. The van der Waals surface area contributed by atoms with Crippen LogP contribution >= 0.6 is 11.8 Å². The molecule has 0 spiro atoms. The Labute approximate surface area is 155 Å². The van der Waals surface area contributed by atoms with Crippen molar-refractivity contribution in [2.24, 2.45) is 7.05 Å². The summed E-state index contributed by atoms with van der Waals surface area (Å²) < 4.78 is 12.7. The fourth-order valence-corrected chi connectivity index (χ4v) is 2.94. The highest BCUT2D eigenvalue weighted by Gasteiger charge is 2.17. The standard InChI is InChI=1S/C18H20N4O3S/c1-12(13-9-19-22(2)10-13)20-18(23)15-8-14(25-21-15)11-24-16-6-4-5-7-17(16)26-3/h4-10,12H,11H2,1-3H3,(H,20,23)/t12-/m0/s1. The van der Waals surface area contributed by atoms with Crippen molar-refractivity contribution in [2.75, 3.05) is 6.26 Å². The highest BCUT2D eigenvalue weighted by Crippen LogP contribution is 2.27. The molecule has 3 rings (SSSR count). The van der Waals surface area contributed by atoms with Crippen LogP contribution in [-0.4, -0.2) is 27.1 Å². The second-order valence-electron chi connectivity index (χ2n) is 5.76. The summed E-state index contributed by atoms with van der Waals surface area (Å²) >= 11 is 1.60. The molecule has 1 N–H and O–H groups in total. The molecule has 0 aliphatic carbocycles. The van der Waals surface area contributed by atoms with Crippen molar-refractivity contribution in [3.63, 3.8) is 0 Å². The van der Waals surface area contributed by atoms with Gasteiger partial charge in [0.05, 0.1) is 12.2 Å². The van der Waals surface area contributed by atoms with Crippen molar-refractivity contribution >= 4 is 17.7 Å². The molecule has 0 fully saturated rings. The zero-order valence-electron chi connectivity index (χ0n) is 14.8. The van der Waals surface area contributed by atoms with Crippen LogP contribution in [0.3, 0.4) is 0 Å². The van der Waals surface area contributed by atoms with E-state index in [1.165, 1.54) is 0 Å². The second kappa shape index (κ2) is 8.09. The molecule has 3 aromatic rings. The van der Waals surface area contributed by atoms with Gasteiger partial charge < -0.3 is 14.6 Å². The summed E-state index contributed by atoms with van der Waals surface area (Å²) in [6.07, 6.45) is 5.56. The molecule has 1 atom stereocenters. The molecule has 0 radical (unpaired) electrons. The number of nitrogens with one attached hydrogen (secondary N) is 1. The Morgan fingerprint density at radius 3 is 2.96 bits per heavy atom. The van der Waals surface area contributed by atoms with Gasteiger partial charge in [0.2, 0.25) is 0 Å². The molecule has 0 unspecified atom stereocenters. The molecule has 0 aliphatic heterocycles. The summed E-state index contributed by atoms with van der Waals surface area (Å²) in [6.45, 7) is 2.09. The molecule has 7 nitrogen and oxygen atoms in total.